The third-order valence-corrected chi connectivity index (χ3v) is 4.85. The SMILES string of the molecule is CCN1C(=O)CSc2cnn(CC(=O)NCc3ccccc3)c(=O)c21. The summed E-state index contributed by atoms with van der Waals surface area (Å²) in [4.78, 5) is 38.9. The van der Waals surface area contributed by atoms with Crippen molar-refractivity contribution in [3.63, 3.8) is 0 Å². The van der Waals surface area contributed by atoms with Crippen LogP contribution in [0.5, 0.6) is 0 Å². The quantitative estimate of drug-likeness (QED) is 0.863. The van der Waals surface area contributed by atoms with Gasteiger partial charge in [-0.05, 0) is 12.5 Å². The van der Waals surface area contributed by atoms with E-state index in [1.165, 1.54) is 16.7 Å². The van der Waals surface area contributed by atoms with Crippen molar-refractivity contribution in [3.05, 3.63) is 52.4 Å². The first-order valence-electron chi connectivity index (χ1n) is 7.94. The molecule has 2 aromatic rings. The van der Waals surface area contributed by atoms with Crippen LogP contribution in [0.15, 0.2) is 46.2 Å². The molecule has 0 spiro atoms. The molecule has 0 atom stereocenters. The smallest absolute Gasteiger partial charge is 0.292 e. The van der Waals surface area contributed by atoms with Crippen LogP contribution in [0.2, 0.25) is 0 Å². The van der Waals surface area contributed by atoms with Crippen LogP contribution in [0.3, 0.4) is 0 Å². The van der Waals surface area contributed by atoms with Crippen molar-refractivity contribution >= 4 is 29.3 Å². The zero-order valence-corrected chi connectivity index (χ0v) is 14.6. The zero-order valence-electron chi connectivity index (χ0n) is 13.8. The van der Waals surface area contributed by atoms with Crippen LogP contribution in [0.25, 0.3) is 0 Å². The molecule has 1 aliphatic heterocycles. The van der Waals surface area contributed by atoms with Gasteiger partial charge in [0, 0.05) is 13.1 Å². The summed E-state index contributed by atoms with van der Waals surface area (Å²) in [5.74, 6) is -0.122. The molecule has 0 aliphatic carbocycles. The summed E-state index contributed by atoms with van der Waals surface area (Å²) in [6.07, 6.45) is 1.54. The molecule has 1 N–H and O–H groups in total. The summed E-state index contributed by atoms with van der Waals surface area (Å²) >= 11 is 1.30. The molecule has 2 amide bonds. The van der Waals surface area contributed by atoms with Crippen molar-refractivity contribution in [2.75, 3.05) is 17.2 Å². The molecule has 25 heavy (non-hydrogen) atoms. The molecule has 8 heteroatoms. The summed E-state index contributed by atoms with van der Waals surface area (Å²) in [6.45, 7) is 2.42. The lowest BCUT2D eigenvalue weighted by molar-refractivity contribution is -0.122. The van der Waals surface area contributed by atoms with Gasteiger partial charge in [0.25, 0.3) is 5.56 Å². The molecule has 0 radical (unpaired) electrons. The fourth-order valence-corrected chi connectivity index (χ4v) is 3.49. The normalized spacial score (nSPS) is 13.5. The lowest BCUT2D eigenvalue weighted by Gasteiger charge is -2.26. The number of anilines is 1. The van der Waals surface area contributed by atoms with E-state index in [4.69, 9.17) is 0 Å². The van der Waals surface area contributed by atoms with E-state index in [1.54, 1.807) is 6.20 Å². The van der Waals surface area contributed by atoms with Crippen molar-refractivity contribution in [2.24, 2.45) is 0 Å². The Morgan fingerprint density at radius 2 is 2.04 bits per heavy atom. The van der Waals surface area contributed by atoms with Gasteiger partial charge in [-0.1, -0.05) is 30.3 Å². The molecule has 0 saturated heterocycles. The minimum Gasteiger partial charge on any atom is -0.350 e. The van der Waals surface area contributed by atoms with Gasteiger partial charge in [-0.3, -0.25) is 14.4 Å². The van der Waals surface area contributed by atoms with Crippen LogP contribution >= 0.6 is 11.8 Å². The number of carbonyl (C=O) groups is 2. The Hall–Kier alpha value is -2.61. The average molecular weight is 358 g/mol. The Bertz CT molecular complexity index is 851. The predicted molar refractivity (Wildman–Crippen MR) is 95.5 cm³/mol. The first-order chi connectivity index (χ1) is 12.1. The molecule has 130 valence electrons. The molecule has 0 unspecified atom stereocenters. The molecule has 2 heterocycles. The second kappa shape index (κ2) is 7.52. The van der Waals surface area contributed by atoms with Crippen molar-refractivity contribution in [1.82, 2.24) is 15.1 Å². The first kappa shape index (κ1) is 17.2. The standard InChI is InChI=1S/C17H18N4O3S/c1-2-20-15(23)11-25-13-9-19-21(17(24)16(13)20)10-14(22)18-8-12-6-4-3-5-7-12/h3-7,9H,2,8,10-11H2,1H3,(H,18,22). The Morgan fingerprint density at radius 1 is 1.28 bits per heavy atom. The summed E-state index contributed by atoms with van der Waals surface area (Å²) in [6, 6.07) is 9.51. The Labute approximate surface area is 149 Å². The fourth-order valence-electron chi connectivity index (χ4n) is 2.60. The Morgan fingerprint density at radius 3 is 2.76 bits per heavy atom. The van der Waals surface area contributed by atoms with E-state index >= 15 is 0 Å². The molecule has 0 bridgehead atoms. The van der Waals surface area contributed by atoms with Gasteiger partial charge in [0.2, 0.25) is 11.8 Å². The summed E-state index contributed by atoms with van der Waals surface area (Å²) in [7, 11) is 0. The van der Waals surface area contributed by atoms with Gasteiger partial charge < -0.3 is 10.2 Å². The number of hydrogen-bond acceptors (Lipinski definition) is 5. The number of thioether (sulfide) groups is 1. The van der Waals surface area contributed by atoms with Gasteiger partial charge in [0.1, 0.15) is 12.2 Å². The third-order valence-electron chi connectivity index (χ3n) is 3.85. The summed E-state index contributed by atoms with van der Waals surface area (Å²) in [5, 5.41) is 6.83. The van der Waals surface area contributed by atoms with Crippen LogP contribution < -0.4 is 15.8 Å². The second-order valence-corrected chi connectivity index (χ2v) is 6.53. The van der Waals surface area contributed by atoms with E-state index in [2.05, 4.69) is 10.4 Å². The van der Waals surface area contributed by atoms with Gasteiger partial charge in [-0.2, -0.15) is 5.10 Å². The van der Waals surface area contributed by atoms with Crippen molar-refractivity contribution in [2.45, 2.75) is 24.9 Å². The molecule has 0 fully saturated rings. The highest BCUT2D eigenvalue weighted by atomic mass is 32.2. The van der Waals surface area contributed by atoms with E-state index in [-0.39, 0.29) is 18.4 Å². The second-order valence-electron chi connectivity index (χ2n) is 5.51. The number of hydrogen-bond donors (Lipinski definition) is 1. The number of nitrogens with zero attached hydrogens (tertiary/aromatic N) is 3. The van der Waals surface area contributed by atoms with Crippen LogP contribution in [-0.2, 0) is 22.7 Å². The van der Waals surface area contributed by atoms with Gasteiger partial charge >= 0.3 is 0 Å². The number of benzene rings is 1. The fraction of sp³-hybridized carbons (Fsp3) is 0.294. The minimum atomic E-state index is -0.422. The maximum atomic E-state index is 12.7. The van der Waals surface area contributed by atoms with Crippen LogP contribution in [0.1, 0.15) is 12.5 Å². The van der Waals surface area contributed by atoms with Gasteiger partial charge in [0.15, 0.2) is 0 Å². The monoisotopic (exact) mass is 358 g/mol. The minimum absolute atomic E-state index is 0.108. The van der Waals surface area contributed by atoms with E-state index in [9.17, 15) is 14.4 Å². The highest BCUT2D eigenvalue weighted by Gasteiger charge is 2.28. The van der Waals surface area contributed by atoms with Crippen molar-refractivity contribution < 1.29 is 9.59 Å². The molecule has 0 saturated carbocycles. The van der Waals surface area contributed by atoms with E-state index < -0.39 is 5.56 Å². The lowest BCUT2D eigenvalue weighted by Crippen LogP contribution is -2.42. The topological polar surface area (TPSA) is 84.3 Å². The average Bonchev–Trinajstić information content (AvgIpc) is 2.63. The first-order valence-corrected chi connectivity index (χ1v) is 8.92. The van der Waals surface area contributed by atoms with Gasteiger partial charge in [-0.25, -0.2) is 4.68 Å². The number of nitrogens with one attached hydrogen (secondary N) is 1. The lowest BCUT2D eigenvalue weighted by atomic mass is 10.2. The molecular formula is C17H18N4O3S. The molecule has 1 aromatic heterocycles. The molecular weight excluding hydrogens is 340 g/mol. The van der Waals surface area contributed by atoms with Crippen molar-refractivity contribution in [1.29, 1.82) is 0 Å². The van der Waals surface area contributed by atoms with Crippen LogP contribution in [0, 0.1) is 0 Å². The number of amides is 2. The number of carbonyl (C=O) groups excluding carboxylic acids is 2. The zero-order chi connectivity index (χ0) is 17.8. The Kier molecular flexibility index (Phi) is 5.18. The highest BCUT2D eigenvalue weighted by molar-refractivity contribution is 8.00. The predicted octanol–water partition coefficient (Wildman–Crippen LogP) is 1.02. The molecule has 7 nitrogen and oxygen atoms in total. The highest BCUT2D eigenvalue weighted by Crippen LogP contribution is 2.31. The Balaban J connectivity index is 1.75. The van der Waals surface area contributed by atoms with Crippen molar-refractivity contribution in [3.8, 4) is 0 Å². The van der Waals surface area contributed by atoms with E-state index in [0.29, 0.717) is 29.4 Å². The molecule has 1 aliphatic rings. The van der Waals surface area contributed by atoms with E-state index in [1.807, 2.05) is 37.3 Å². The molecule has 1 aromatic carbocycles. The van der Waals surface area contributed by atoms with Crippen LogP contribution in [0.4, 0.5) is 5.69 Å². The molecule has 3 rings (SSSR count). The van der Waals surface area contributed by atoms with E-state index in [0.717, 1.165) is 10.2 Å². The number of aromatic nitrogens is 2. The van der Waals surface area contributed by atoms with Crippen LogP contribution in [-0.4, -0.2) is 33.9 Å². The third kappa shape index (κ3) is 3.74. The van der Waals surface area contributed by atoms with Gasteiger partial charge in [-0.15, -0.1) is 11.8 Å². The van der Waals surface area contributed by atoms with Gasteiger partial charge in [0.05, 0.1) is 16.8 Å². The number of rotatable bonds is 5. The maximum Gasteiger partial charge on any atom is 0.292 e. The largest absolute Gasteiger partial charge is 0.350 e. The summed E-state index contributed by atoms with van der Waals surface area (Å²) in [5.41, 5.74) is 0.866. The number of fused-ring (bicyclic) bond motifs is 1. The summed E-state index contributed by atoms with van der Waals surface area (Å²) < 4.78 is 1.10. The maximum absolute atomic E-state index is 12.7.